The number of rotatable bonds is 12. The monoisotopic (exact) mass is 1090 g/mol. The van der Waals surface area contributed by atoms with Gasteiger partial charge in [0.05, 0.1) is 23.2 Å². The van der Waals surface area contributed by atoms with Crippen LogP contribution in [0.2, 0.25) is 0 Å². The van der Waals surface area contributed by atoms with Gasteiger partial charge in [0.25, 0.3) is 0 Å². The smallest absolute Gasteiger partial charge is 0.158 e. The van der Waals surface area contributed by atoms with Gasteiger partial charge >= 0.3 is 0 Å². The first-order chi connectivity index (χ1) is 40.9. The van der Waals surface area contributed by atoms with Crippen molar-refractivity contribution in [3.63, 3.8) is 0 Å². The van der Waals surface area contributed by atoms with Crippen molar-refractivity contribution in [1.29, 1.82) is 0 Å². The van der Waals surface area contributed by atoms with Gasteiger partial charge in [0, 0.05) is 40.6 Å². The van der Waals surface area contributed by atoms with Crippen LogP contribution in [-0.4, -0.2) is 23.0 Å². The fraction of sp³-hybridized carbons (Fsp3) is 0.256. The Hall–Kier alpha value is -8.12. The molecule has 10 aliphatic rings. The molecule has 3 nitrogen and oxygen atoms in total. The van der Waals surface area contributed by atoms with E-state index >= 15 is 8.78 Å². The molecule has 1 heterocycles. The van der Waals surface area contributed by atoms with Crippen LogP contribution in [0.4, 0.5) is 14.5 Å². The summed E-state index contributed by atoms with van der Waals surface area (Å²) in [5.74, 6) is 2.04. The summed E-state index contributed by atoms with van der Waals surface area (Å²) >= 11 is 0. The molecule has 0 bridgehead atoms. The minimum atomic E-state index is -0.576. The minimum absolute atomic E-state index is 0.0135. The van der Waals surface area contributed by atoms with Crippen molar-refractivity contribution in [2.45, 2.75) is 92.8 Å². The SMILES string of the molecule is C=CC1=CCC(C2(c3ccc(F)cc3)C3C=CC=CC3C3C=CC(N(C4=CC=CCC4)c4cccc5c6c(oc45)C(N(C4C=CC=CC4)C4C=CC5=C(C4)C(C4=CC=C(F)CC4)(c4ccc(C=C)cc4)c4ccccc45)CC=C6)CC32)C=C1. The van der Waals surface area contributed by atoms with Crippen molar-refractivity contribution >= 4 is 34.4 Å². The fourth-order valence-corrected chi connectivity index (χ4v) is 17.4. The normalized spacial score (nSPS) is 30.6. The summed E-state index contributed by atoms with van der Waals surface area (Å²) in [4.78, 5) is 5.42. The van der Waals surface area contributed by atoms with Gasteiger partial charge in [-0.1, -0.05) is 225 Å². The van der Waals surface area contributed by atoms with Gasteiger partial charge in [-0.05, 0) is 156 Å². The lowest BCUT2D eigenvalue weighted by atomic mass is 9.55. The van der Waals surface area contributed by atoms with E-state index in [-0.39, 0.29) is 59.0 Å². The van der Waals surface area contributed by atoms with Crippen LogP contribution >= 0.6 is 0 Å². The van der Waals surface area contributed by atoms with Gasteiger partial charge in [-0.25, -0.2) is 8.78 Å². The second-order valence-electron chi connectivity index (χ2n) is 24.5. The van der Waals surface area contributed by atoms with Crippen molar-refractivity contribution in [3.05, 3.63) is 311 Å². The Morgan fingerprint density at radius 3 is 2.28 bits per heavy atom. The number of allylic oxidation sites excluding steroid dienone is 22. The first kappa shape index (κ1) is 51.7. The third kappa shape index (κ3) is 8.19. The van der Waals surface area contributed by atoms with Crippen LogP contribution in [0.5, 0.6) is 0 Å². The van der Waals surface area contributed by atoms with E-state index in [0.717, 1.165) is 84.1 Å². The van der Waals surface area contributed by atoms with Gasteiger partial charge in [-0.2, -0.15) is 0 Å². The van der Waals surface area contributed by atoms with E-state index in [1.807, 2.05) is 12.2 Å². The van der Waals surface area contributed by atoms with Crippen LogP contribution in [0.3, 0.4) is 0 Å². The third-order valence-corrected chi connectivity index (χ3v) is 20.8. The van der Waals surface area contributed by atoms with Gasteiger partial charge in [0.2, 0.25) is 0 Å². The number of anilines is 1. The molecule has 0 saturated heterocycles. The van der Waals surface area contributed by atoms with Crippen molar-refractivity contribution in [3.8, 4) is 0 Å². The molecule has 0 spiro atoms. The number of para-hydroxylation sites is 1. The second kappa shape index (κ2) is 20.9. The van der Waals surface area contributed by atoms with E-state index in [2.05, 4.69) is 229 Å². The molecular weight excluding hydrogens is 1020 g/mol. The van der Waals surface area contributed by atoms with Gasteiger partial charge in [-0.3, -0.25) is 4.90 Å². The molecule has 0 N–H and O–H groups in total. The fourth-order valence-electron chi connectivity index (χ4n) is 17.4. The lowest BCUT2D eigenvalue weighted by Crippen LogP contribution is -2.48. The Kier molecular flexibility index (Phi) is 13.1. The molecule has 1 aromatic heterocycles. The molecule has 11 unspecified atom stereocenters. The zero-order valence-electron chi connectivity index (χ0n) is 47.0. The van der Waals surface area contributed by atoms with Gasteiger partial charge < -0.3 is 9.32 Å². The highest BCUT2D eigenvalue weighted by Crippen LogP contribution is 2.66. The first-order valence-corrected chi connectivity index (χ1v) is 30.5. The average Bonchev–Trinajstić information content (AvgIpc) is 2.26. The number of fused-ring (bicyclic) bond motifs is 8. The third-order valence-electron chi connectivity index (χ3n) is 20.8. The molecular formula is C78H70F2N2O. The molecule has 83 heavy (non-hydrogen) atoms. The predicted octanol–water partition coefficient (Wildman–Crippen LogP) is 19.1. The predicted molar refractivity (Wildman–Crippen MR) is 338 cm³/mol. The number of furan rings is 1. The quantitative estimate of drug-likeness (QED) is 0.116. The summed E-state index contributed by atoms with van der Waals surface area (Å²) in [6.45, 7) is 8.23. The number of halogens is 2. The van der Waals surface area contributed by atoms with E-state index in [1.54, 1.807) is 18.2 Å². The molecule has 0 radical (unpaired) electrons. The summed E-state index contributed by atoms with van der Waals surface area (Å²) in [5, 5.41) is 1.13. The van der Waals surface area contributed by atoms with Gasteiger partial charge in [0.1, 0.15) is 17.4 Å². The maximum atomic E-state index is 15.1. The van der Waals surface area contributed by atoms with E-state index < -0.39 is 5.41 Å². The van der Waals surface area contributed by atoms with Crippen molar-refractivity contribution < 1.29 is 13.2 Å². The van der Waals surface area contributed by atoms with Gasteiger partial charge in [-0.15, -0.1) is 0 Å². The van der Waals surface area contributed by atoms with Crippen LogP contribution in [-0.2, 0) is 10.8 Å². The minimum Gasteiger partial charge on any atom is -0.457 e. The number of benzene rings is 4. The molecule has 1 fully saturated rings. The van der Waals surface area contributed by atoms with E-state index in [1.165, 1.54) is 44.7 Å². The summed E-state index contributed by atoms with van der Waals surface area (Å²) in [6.07, 6.45) is 62.1. The summed E-state index contributed by atoms with van der Waals surface area (Å²) in [7, 11) is 0. The molecule has 1 saturated carbocycles. The Balaban J connectivity index is 0.843. The highest BCUT2D eigenvalue weighted by molar-refractivity contribution is 5.98. The number of nitrogens with zero attached hydrogens (tertiary/aromatic N) is 2. The standard InChI is InChI=1S/C78H70F2N2O/c1-3-51-29-33-53(34-30-51)77(55-37-41-57(79)42-38-55)69-25-13-11-21-63(69)65-47-45-61(49-71(65)77)81(59-17-7-5-8-18-59)73-27-15-23-67-68-24-16-28-74(76(68)83-75(67)73)82(60-19-9-6-10-20-60)62-46-48-66-64-22-12-14-26-70(64)78(72(66)50-62,56-39-43-58(80)44-40-56)54-35-31-52(4-2)32-36-54/h3-9,11-17,19,21-26,28-35,37,39-41,43-48,54,59,61-62,64,66,70,72-73H,1-2,10,18,20,27,36,38,42,49-50H2. The lowest BCUT2D eigenvalue weighted by molar-refractivity contribution is 0.107. The molecule has 5 aromatic rings. The number of hydrogen-bond acceptors (Lipinski definition) is 3. The van der Waals surface area contributed by atoms with E-state index in [0.29, 0.717) is 24.7 Å². The van der Waals surface area contributed by atoms with Crippen LogP contribution in [0.15, 0.2) is 270 Å². The maximum absolute atomic E-state index is 15.1. The van der Waals surface area contributed by atoms with Crippen LogP contribution in [0, 0.1) is 35.4 Å². The molecule has 15 rings (SSSR count). The average molecular weight is 1090 g/mol. The Morgan fingerprint density at radius 2 is 1.49 bits per heavy atom. The highest BCUT2D eigenvalue weighted by atomic mass is 19.1. The van der Waals surface area contributed by atoms with Crippen LogP contribution in [0.1, 0.15) is 103 Å². The summed E-state index contributed by atoms with van der Waals surface area (Å²) in [6, 6.07) is 32.4. The van der Waals surface area contributed by atoms with Crippen molar-refractivity contribution in [1.82, 2.24) is 4.90 Å². The molecule has 11 atom stereocenters. The first-order valence-electron chi connectivity index (χ1n) is 30.5. The van der Waals surface area contributed by atoms with E-state index in [4.69, 9.17) is 4.42 Å². The summed E-state index contributed by atoms with van der Waals surface area (Å²) < 4.78 is 37.9. The Morgan fingerprint density at radius 1 is 0.639 bits per heavy atom. The molecule has 412 valence electrons. The zero-order valence-corrected chi connectivity index (χ0v) is 47.0. The molecule has 0 amide bonds. The van der Waals surface area contributed by atoms with Crippen molar-refractivity contribution in [2.24, 2.45) is 29.6 Å². The maximum Gasteiger partial charge on any atom is 0.158 e. The van der Waals surface area contributed by atoms with Crippen LogP contribution in [0.25, 0.3) is 28.7 Å². The summed E-state index contributed by atoms with van der Waals surface area (Å²) in [5.41, 5.74) is 14.7. The molecule has 10 aliphatic carbocycles. The zero-order chi connectivity index (χ0) is 55.8. The molecule has 4 aromatic carbocycles. The molecule has 0 aliphatic heterocycles. The Bertz CT molecular complexity index is 3930. The second-order valence-corrected chi connectivity index (χ2v) is 24.5. The largest absolute Gasteiger partial charge is 0.457 e. The molecule has 5 heteroatoms. The number of hydrogen-bond donors (Lipinski definition) is 0. The highest BCUT2D eigenvalue weighted by Gasteiger charge is 2.63. The topological polar surface area (TPSA) is 19.6 Å². The van der Waals surface area contributed by atoms with E-state index in [9.17, 15) is 0 Å². The lowest BCUT2D eigenvalue weighted by Gasteiger charge is -2.49. The van der Waals surface area contributed by atoms with Crippen molar-refractivity contribution in [2.75, 3.05) is 4.90 Å². The van der Waals surface area contributed by atoms with Gasteiger partial charge in [0.15, 0.2) is 5.58 Å². The Labute approximate surface area is 488 Å². The van der Waals surface area contributed by atoms with Crippen LogP contribution < -0.4 is 4.90 Å².